The van der Waals surface area contributed by atoms with E-state index in [9.17, 15) is 9.18 Å². The van der Waals surface area contributed by atoms with Crippen molar-refractivity contribution in [3.05, 3.63) is 65.0 Å². The molecule has 0 aliphatic rings. The number of hydrogen-bond acceptors (Lipinski definition) is 3. The lowest BCUT2D eigenvalue weighted by Crippen LogP contribution is -2.06. The van der Waals surface area contributed by atoms with Crippen LogP contribution in [-0.2, 0) is 18.0 Å². The van der Waals surface area contributed by atoms with E-state index in [1.54, 1.807) is 13.2 Å². The van der Waals surface area contributed by atoms with Gasteiger partial charge in [-0.05, 0) is 29.8 Å². The highest BCUT2D eigenvalue weighted by atomic mass is 19.1. The van der Waals surface area contributed by atoms with Crippen LogP contribution in [0.25, 0.3) is 0 Å². The Balaban J connectivity index is 2.13. The smallest absolute Gasteiger partial charge is 0.336 e. The van der Waals surface area contributed by atoms with Crippen molar-refractivity contribution in [2.75, 3.05) is 7.11 Å². The van der Waals surface area contributed by atoms with Crippen molar-refractivity contribution in [3.63, 3.8) is 0 Å². The van der Waals surface area contributed by atoms with Crippen LogP contribution >= 0.6 is 0 Å². The topological polar surface area (TPSA) is 55.8 Å². The molecule has 4 nitrogen and oxygen atoms in total. The molecule has 0 unspecified atom stereocenters. The average Bonchev–Trinajstić information content (AvgIpc) is 2.46. The molecule has 5 heteroatoms. The molecule has 21 heavy (non-hydrogen) atoms. The highest BCUT2D eigenvalue weighted by Crippen LogP contribution is 2.18. The highest BCUT2D eigenvalue weighted by Gasteiger charge is 2.11. The van der Waals surface area contributed by atoms with Crippen molar-refractivity contribution < 1.29 is 23.8 Å². The van der Waals surface area contributed by atoms with E-state index in [4.69, 9.17) is 14.6 Å². The van der Waals surface area contributed by atoms with Gasteiger partial charge in [0.1, 0.15) is 18.2 Å². The molecule has 0 aromatic heterocycles. The van der Waals surface area contributed by atoms with Gasteiger partial charge in [-0.25, -0.2) is 9.18 Å². The molecule has 0 bridgehead atoms. The third-order valence-corrected chi connectivity index (χ3v) is 2.91. The van der Waals surface area contributed by atoms with Gasteiger partial charge >= 0.3 is 5.97 Å². The molecular formula is C16H15FO4. The summed E-state index contributed by atoms with van der Waals surface area (Å²) in [5.41, 5.74) is 1.27. The molecule has 0 saturated carbocycles. The molecular weight excluding hydrogens is 275 g/mol. The van der Waals surface area contributed by atoms with E-state index < -0.39 is 11.8 Å². The minimum Gasteiger partial charge on any atom is -0.489 e. The molecule has 0 saturated heterocycles. The highest BCUT2D eigenvalue weighted by molar-refractivity contribution is 5.89. The van der Waals surface area contributed by atoms with Crippen LogP contribution < -0.4 is 4.74 Å². The van der Waals surface area contributed by atoms with Crippen LogP contribution in [-0.4, -0.2) is 18.2 Å². The van der Waals surface area contributed by atoms with Crippen LogP contribution in [0.1, 0.15) is 21.5 Å². The first-order chi connectivity index (χ1) is 10.1. The molecule has 110 valence electrons. The number of ether oxygens (including phenoxy) is 2. The summed E-state index contributed by atoms with van der Waals surface area (Å²) in [6.45, 7) is 0.520. The lowest BCUT2D eigenvalue weighted by Gasteiger charge is -2.10. The van der Waals surface area contributed by atoms with E-state index in [0.29, 0.717) is 17.9 Å². The summed E-state index contributed by atoms with van der Waals surface area (Å²) in [7, 11) is 1.60. The zero-order valence-electron chi connectivity index (χ0n) is 11.5. The first-order valence-electron chi connectivity index (χ1n) is 6.32. The first kappa shape index (κ1) is 15.0. The Kier molecular flexibility index (Phi) is 4.90. The van der Waals surface area contributed by atoms with Gasteiger partial charge in [-0.15, -0.1) is 0 Å². The normalized spacial score (nSPS) is 10.4. The fourth-order valence-electron chi connectivity index (χ4n) is 1.93. The molecule has 0 amide bonds. The Labute approximate surface area is 121 Å². The molecule has 1 N–H and O–H groups in total. The number of carbonyl (C=O) groups is 1. The molecule has 0 atom stereocenters. The SMILES string of the molecule is COCc1cccc(OCc2ccc(F)cc2C(=O)O)c1. The average molecular weight is 290 g/mol. The molecule has 0 radical (unpaired) electrons. The number of carboxylic acid groups (broad SMARTS) is 1. The minimum atomic E-state index is -1.18. The maximum absolute atomic E-state index is 13.1. The van der Waals surface area contributed by atoms with E-state index in [0.717, 1.165) is 11.6 Å². The molecule has 2 aromatic carbocycles. The number of benzene rings is 2. The monoisotopic (exact) mass is 290 g/mol. The van der Waals surface area contributed by atoms with E-state index >= 15 is 0 Å². The van der Waals surface area contributed by atoms with Crippen LogP contribution in [0.3, 0.4) is 0 Å². The van der Waals surface area contributed by atoms with Crippen LogP contribution in [0, 0.1) is 5.82 Å². The molecule has 2 aromatic rings. The Morgan fingerprint density at radius 1 is 1.19 bits per heavy atom. The lowest BCUT2D eigenvalue weighted by atomic mass is 10.1. The van der Waals surface area contributed by atoms with E-state index in [2.05, 4.69) is 0 Å². The summed E-state index contributed by atoms with van der Waals surface area (Å²) in [6.07, 6.45) is 0. The first-order valence-corrected chi connectivity index (χ1v) is 6.32. The fourth-order valence-corrected chi connectivity index (χ4v) is 1.93. The molecule has 0 spiro atoms. The third kappa shape index (κ3) is 4.03. The number of aromatic carboxylic acids is 1. The van der Waals surface area contributed by atoms with Crippen LogP contribution in [0.4, 0.5) is 4.39 Å². The van der Waals surface area contributed by atoms with E-state index in [1.807, 2.05) is 18.2 Å². The van der Waals surface area contributed by atoms with Crippen molar-refractivity contribution in [3.8, 4) is 5.75 Å². The van der Waals surface area contributed by atoms with Gasteiger partial charge in [-0.2, -0.15) is 0 Å². The van der Waals surface area contributed by atoms with Crippen molar-refractivity contribution in [1.29, 1.82) is 0 Å². The van der Waals surface area contributed by atoms with Gasteiger partial charge in [0.05, 0.1) is 12.2 Å². The van der Waals surface area contributed by atoms with Crippen LogP contribution in [0.5, 0.6) is 5.75 Å². The number of rotatable bonds is 6. The number of hydrogen-bond donors (Lipinski definition) is 1. The maximum atomic E-state index is 13.1. The molecule has 0 fully saturated rings. The summed E-state index contributed by atoms with van der Waals surface area (Å²) < 4.78 is 23.7. The largest absolute Gasteiger partial charge is 0.489 e. The predicted octanol–water partition coefficient (Wildman–Crippen LogP) is 3.25. The summed E-state index contributed by atoms with van der Waals surface area (Å²) >= 11 is 0. The van der Waals surface area contributed by atoms with Crippen LogP contribution in [0.15, 0.2) is 42.5 Å². The second-order valence-electron chi connectivity index (χ2n) is 4.48. The number of carboxylic acids is 1. The van der Waals surface area contributed by atoms with Crippen molar-refractivity contribution in [2.24, 2.45) is 0 Å². The molecule has 0 aliphatic carbocycles. The quantitative estimate of drug-likeness (QED) is 0.887. The van der Waals surface area contributed by atoms with E-state index in [-0.39, 0.29) is 12.2 Å². The lowest BCUT2D eigenvalue weighted by molar-refractivity contribution is 0.0693. The zero-order valence-corrected chi connectivity index (χ0v) is 11.5. The fraction of sp³-hybridized carbons (Fsp3) is 0.188. The van der Waals surface area contributed by atoms with Gasteiger partial charge in [0, 0.05) is 12.7 Å². The van der Waals surface area contributed by atoms with Gasteiger partial charge in [0.2, 0.25) is 0 Å². The Hall–Kier alpha value is -2.40. The third-order valence-electron chi connectivity index (χ3n) is 2.91. The summed E-state index contributed by atoms with van der Waals surface area (Å²) in [5, 5.41) is 9.06. The molecule has 0 aliphatic heterocycles. The summed E-state index contributed by atoms with van der Waals surface area (Å²) in [4.78, 5) is 11.1. The van der Waals surface area contributed by atoms with Crippen LogP contribution in [0.2, 0.25) is 0 Å². The Morgan fingerprint density at radius 3 is 2.71 bits per heavy atom. The van der Waals surface area contributed by atoms with E-state index in [1.165, 1.54) is 12.1 Å². The van der Waals surface area contributed by atoms with Gasteiger partial charge < -0.3 is 14.6 Å². The van der Waals surface area contributed by atoms with Gasteiger partial charge in [-0.1, -0.05) is 18.2 Å². The van der Waals surface area contributed by atoms with Gasteiger partial charge in [-0.3, -0.25) is 0 Å². The number of halogens is 1. The summed E-state index contributed by atoms with van der Waals surface area (Å²) in [6, 6.07) is 10.9. The second kappa shape index (κ2) is 6.85. The van der Waals surface area contributed by atoms with Crippen molar-refractivity contribution >= 4 is 5.97 Å². The summed E-state index contributed by atoms with van der Waals surface area (Å²) in [5.74, 6) is -1.16. The predicted molar refractivity (Wildman–Crippen MR) is 74.8 cm³/mol. The molecule has 2 rings (SSSR count). The molecule has 0 heterocycles. The Bertz CT molecular complexity index is 640. The Morgan fingerprint density at radius 2 is 2.00 bits per heavy atom. The van der Waals surface area contributed by atoms with Gasteiger partial charge in [0.15, 0.2) is 0 Å². The van der Waals surface area contributed by atoms with Crippen molar-refractivity contribution in [1.82, 2.24) is 0 Å². The minimum absolute atomic E-state index is 0.0539. The van der Waals surface area contributed by atoms with Gasteiger partial charge in [0.25, 0.3) is 0 Å². The second-order valence-corrected chi connectivity index (χ2v) is 4.48. The number of methoxy groups -OCH3 is 1. The zero-order chi connectivity index (χ0) is 15.2. The van der Waals surface area contributed by atoms with Crippen molar-refractivity contribution in [2.45, 2.75) is 13.2 Å². The standard InChI is InChI=1S/C16H15FO4/c1-20-9-11-3-2-4-14(7-11)21-10-12-5-6-13(17)8-15(12)16(18)19/h2-8H,9-10H2,1H3,(H,18,19). The maximum Gasteiger partial charge on any atom is 0.336 e.